The molecule has 80 valence electrons. The summed E-state index contributed by atoms with van der Waals surface area (Å²) < 4.78 is 1.24. The largest absolute Gasteiger partial charge is 0.320 e. The molecule has 0 bridgehead atoms. The molecular weight excluding hydrogens is 341 g/mol. The van der Waals surface area contributed by atoms with E-state index in [0.717, 1.165) is 0 Å². The standard InChI is InChI=1S/C11H10INS.ClH/c12-10-3-1-8(2-4-10)11(13)9-5-6-14-7-9;/h1-7,11H,13H2;1H/t11-;/m1./s1. The van der Waals surface area contributed by atoms with Crippen LogP contribution < -0.4 is 5.73 Å². The average molecular weight is 352 g/mol. The molecule has 1 aromatic heterocycles. The van der Waals surface area contributed by atoms with E-state index in [1.165, 1.54) is 14.7 Å². The van der Waals surface area contributed by atoms with Crippen LogP contribution in [0.3, 0.4) is 0 Å². The minimum Gasteiger partial charge on any atom is -0.320 e. The van der Waals surface area contributed by atoms with Crippen molar-refractivity contribution in [2.75, 3.05) is 0 Å². The Morgan fingerprint density at radius 2 is 1.73 bits per heavy atom. The van der Waals surface area contributed by atoms with Crippen molar-refractivity contribution in [2.45, 2.75) is 6.04 Å². The van der Waals surface area contributed by atoms with E-state index in [2.05, 4.69) is 63.7 Å². The summed E-state index contributed by atoms with van der Waals surface area (Å²) in [6.07, 6.45) is 0. The van der Waals surface area contributed by atoms with Gasteiger partial charge >= 0.3 is 0 Å². The molecule has 0 radical (unpaired) electrons. The highest BCUT2D eigenvalue weighted by Crippen LogP contribution is 2.22. The topological polar surface area (TPSA) is 26.0 Å². The Kier molecular flexibility index (Phi) is 5.05. The van der Waals surface area contributed by atoms with Crippen LogP contribution >= 0.6 is 46.3 Å². The number of benzene rings is 1. The molecule has 1 nitrogen and oxygen atoms in total. The number of halogens is 2. The molecule has 4 heteroatoms. The molecule has 0 unspecified atom stereocenters. The SMILES string of the molecule is Cl.N[C@H](c1ccc(I)cc1)c1ccsc1. The Bertz CT molecular complexity index is 399. The summed E-state index contributed by atoms with van der Waals surface area (Å²) in [5.41, 5.74) is 8.48. The van der Waals surface area contributed by atoms with Gasteiger partial charge in [0.25, 0.3) is 0 Å². The second-order valence-electron chi connectivity index (χ2n) is 3.09. The number of hydrogen-bond donors (Lipinski definition) is 1. The second-order valence-corrected chi connectivity index (χ2v) is 5.11. The zero-order valence-corrected chi connectivity index (χ0v) is 11.7. The van der Waals surface area contributed by atoms with Crippen molar-refractivity contribution in [1.82, 2.24) is 0 Å². The van der Waals surface area contributed by atoms with Crippen molar-refractivity contribution in [3.05, 3.63) is 55.8 Å². The lowest BCUT2D eigenvalue weighted by atomic mass is 10.0. The van der Waals surface area contributed by atoms with Gasteiger partial charge in [-0.15, -0.1) is 12.4 Å². The summed E-state index contributed by atoms with van der Waals surface area (Å²) >= 11 is 3.98. The number of nitrogens with two attached hydrogens (primary N) is 1. The molecule has 0 spiro atoms. The van der Waals surface area contributed by atoms with Crippen molar-refractivity contribution in [1.29, 1.82) is 0 Å². The average Bonchev–Trinajstić information content (AvgIpc) is 2.71. The Labute approximate surface area is 113 Å². The third-order valence-electron chi connectivity index (χ3n) is 2.13. The Morgan fingerprint density at radius 1 is 1.07 bits per heavy atom. The van der Waals surface area contributed by atoms with Crippen LogP contribution in [0.2, 0.25) is 0 Å². The molecule has 0 amide bonds. The smallest absolute Gasteiger partial charge is 0.0559 e. The lowest BCUT2D eigenvalue weighted by Gasteiger charge is -2.09. The van der Waals surface area contributed by atoms with E-state index < -0.39 is 0 Å². The van der Waals surface area contributed by atoms with Crippen LogP contribution in [0.4, 0.5) is 0 Å². The number of thiophene rings is 1. The Morgan fingerprint density at radius 3 is 2.27 bits per heavy atom. The van der Waals surface area contributed by atoms with Crippen LogP contribution in [0.25, 0.3) is 0 Å². The summed E-state index contributed by atoms with van der Waals surface area (Å²) in [5.74, 6) is 0. The fourth-order valence-corrected chi connectivity index (χ4v) is 2.37. The van der Waals surface area contributed by atoms with E-state index in [1.807, 2.05) is 0 Å². The molecule has 2 N–H and O–H groups in total. The maximum Gasteiger partial charge on any atom is 0.0559 e. The Hall–Kier alpha value is -0.100. The highest BCUT2D eigenvalue weighted by molar-refractivity contribution is 14.1. The highest BCUT2D eigenvalue weighted by Gasteiger charge is 2.08. The fraction of sp³-hybridized carbons (Fsp3) is 0.0909. The predicted octanol–water partition coefficient (Wildman–Crippen LogP) is 3.82. The molecule has 1 heterocycles. The monoisotopic (exact) mass is 351 g/mol. The summed E-state index contributed by atoms with van der Waals surface area (Å²) in [6, 6.07) is 10.4. The molecule has 2 rings (SSSR count). The van der Waals surface area contributed by atoms with Gasteiger partial charge in [0, 0.05) is 3.57 Å². The van der Waals surface area contributed by atoms with Gasteiger partial charge in [-0.25, -0.2) is 0 Å². The lowest BCUT2D eigenvalue weighted by molar-refractivity contribution is 0.876. The first-order chi connectivity index (χ1) is 6.77. The predicted molar refractivity (Wildman–Crippen MR) is 76.8 cm³/mol. The zero-order chi connectivity index (χ0) is 9.97. The third kappa shape index (κ3) is 3.17. The molecule has 1 atom stereocenters. The summed E-state index contributed by atoms with van der Waals surface area (Å²) in [6.45, 7) is 0. The molecule has 0 aliphatic rings. The third-order valence-corrected chi connectivity index (χ3v) is 3.55. The van der Waals surface area contributed by atoms with Crippen LogP contribution in [0.5, 0.6) is 0 Å². The summed E-state index contributed by atoms with van der Waals surface area (Å²) in [7, 11) is 0. The fourth-order valence-electron chi connectivity index (χ4n) is 1.31. The van der Waals surface area contributed by atoms with Crippen molar-refractivity contribution >= 4 is 46.3 Å². The normalized spacial score (nSPS) is 11.9. The highest BCUT2D eigenvalue weighted by atomic mass is 127. The number of hydrogen-bond acceptors (Lipinski definition) is 2. The summed E-state index contributed by atoms with van der Waals surface area (Å²) in [5, 5.41) is 4.16. The van der Waals surface area contributed by atoms with E-state index in [0.29, 0.717) is 0 Å². The van der Waals surface area contributed by atoms with E-state index in [1.54, 1.807) is 11.3 Å². The van der Waals surface area contributed by atoms with Gasteiger partial charge < -0.3 is 5.73 Å². The van der Waals surface area contributed by atoms with Gasteiger partial charge in [0.2, 0.25) is 0 Å². The van der Waals surface area contributed by atoms with Crippen LogP contribution in [-0.4, -0.2) is 0 Å². The van der Waals surface area contributed by atoms with E-state index >= 15 is 0 Å². The van der Waals surface area contributed by atoms with Gasteiger partial charge in [-0.3, -0.25) is 0 Å². The first-order valence-electron chi connectivity index (χ1n) is 4.30. The summed E-state index contributed by atoms with van der Waals surface area (Å²) in [4.78, 5) is 0. The molecule has 0 saturated heterocycles. The zero-order valence-electron chi connectivity index (χ0n) is 7.89. The second kappa shape index (κ2) is 5.84. The van der Waals surface area contributed by atoms with Gasteiger partial charge in [0.05, 0.1) is 6.04 Å². The van der Waals surface area contributed by atoms with Gasteiger partial charge in [0.15, 0.2) is 0 Å². The lowest BCUT2D eigenvalue weighted by Crippen LogP contribution is -2.10. The van der Waals surface area contributed by atoms with Crippen LogP contribution in [0.1, 0.15) is 17.2 Å². The van der Waals surface area contributed by atoms with Gasteiger partial charge in [-0.05, 0) is 62.7 Å². The maximum atomic E-state index is 6.12. The van der Waals surface area contributed by atoms with E-state index in [-0.39, 0.29) is 18.4 Å². The van der Waals surface area contributed by atoms with Crippen LogP contribution in [-0.2, 0) is 0 Å². The van der Waals surface area contributed by atoms with Gasteiger partial charge in [-0.1, -0.05) is 12.1 Å². The van der Waals surface area contributed by atoms with Crippen LogP contribution in [0.15, 0.2) is 41.1 Å². The van der Waals surface area contributed by atoms with Crippen molar-refractivity contribution < 1.29 is 0 Å². The molecule has 0 saturated carbocycles. The molecule has 0 aliphatic heterocycles. The van der Waals surface area contributed by atoms with E-state index in [9.17, 15) is 0 Å². The van der Waals surface area contributed by atoms with Crippen molar-refractivity contribution in [2.24, 2.45) is 5.73 Å². The number of rotatable bonds is 2. The minimum absolute atomic E-state index is 0. The molecule has 1 aromatic carbocycles. The molecule has 0 aliphatic carbocycles. The maximum absolute atomic E-state index is 6.12. The molecule has 15 heavy (non-hydrogen) atoms. The molecular formula is C11H11ClINS. The molecule has 0 fully saturated rings. The van der Waals surface area contributed by atoms with Crippen molar-refractivity contribution in [3.8, 4) is 0 Å². The first-order valence-corrected chi connectivity index (χ1v) is 6.32. The Balaban J connectivity index is 0.00000112. The van der Waals surface area contributed by atoms with E-state index in [4.69, 9.17) is 5.73 Å². The van der Waals surface area contributed by atoms with Crippen LogP contribution in [0, 0.1) is 3.57 Å². The molecule has 2 aromatic rings. The van der Waals surface area contributed by atoms with Gasteiger partial charge in [0.1, 0.15) is 0 Å². The quantitative estimate of drug-likeness (QED) is 0.818. The minimum atomic E-state index is 0. The first kappa shape index (κ1) is 13.0. The van der Waals surface area contributed by atoms with Crippen molar-refractivity contribution in [3.63, 3.8) is 0 Å². The van der Waals surface area contributed by atoms with Gasteiger partial charge in [-0.2, -0.15) is 11.3 Å².